The van der Waals surface area contributed by atoms with E-state index in [0.29, 0.717) is 6.04 Å². The van der Waals surface area contributed by atoms with Gasteiger partial charge in [0, 0.05) is 37.8 Å². The first-order valence-electron chi connectivity index (χ1n) is 8.19. The summed E-state index contributed by atoms with van der Waals surface area (Å²) in [5.74, 6) is 1.09. The normalized spacial score (nSPS) is 16.8. The molecule has 1 amide bonds. The van der Waals surface area contributed by atoms with Crippen LogP contribution in [0.2, 0.25) is 0 Å². The van der Waals surface area contributed by atoms with Gasteiger partial charge in [0.2, 0.25) is 11.9 Å². The maximum atomic E-state index is 12.3. The SMILES string of the molecule is Cn1c(NC2CCN(C(=O)C(C)(C)C)CC2)nc2cccnc21. The quantitative estimate of drug-likeness (QED) is 0.924. The van der Waals surface area contributed by atoms with Crippen LogP contribution in [0.25, 0.3) is 11.2 Å². The van der Waals surface area contributed by atoms with Crippen LogP contribution in [0.3, 0.4) is 0 Å². The summed E-state index contributed by atoms with van der Waals surface area (Å²) in [6.07, 6.45) is 3.67. The number of likely N-dealkylation sites (tertiary alicyclic amines) is 1. The third-order valence-electron chi connectivity index (χ3n) is 4.38. The zero-order chi connectivity index (χ0) is 16.6. The molecule has 3 heterocycles. The molecule has 2 aromatic heterocycles. The molecule has 23 heavy (non-hydrogen) atoms. The molecule has 6 nitrogen and oxygen atoms in total. The van der Waals surface area contributed by atoms with E-state index >= 15 is 0 Å². The van der Waals surface area contributed by atoms with Gasteiger partial charge in [0.1, 0.15) is 5.52 Å². The summed E-state index contributed by atoms with van der Waals surface area (Å²) in [5, 5.41) is 3.51. The van der Waals surface area contributed by atoms with Gasteiger partial charge >= 0.3 is 0 Å². The fourth-order valence-corrected chi connectivity index (χ4v) is 3.04. The average Bonchev–Trinajstić information content (AvgIpc) is 2.83. The number of rotatable bonds is 2. The predicted octanol–water partition coefficient (Wildman–Crippen LogP) is 2.42. The highest BCUT2D eigenvalue weighted by molar-refractivity contribution is 5.81. The zero-order valence-corrected chi connectivity index (χ0v) is 14.3. The fourth-order valence-electron chi connectivity index (χ4n) is 3.04. The number of aromatic nitrogens is 3. The number of hydrogen-bond acceptors (Lipinski definition) is 4. The largest absolute Gasteiger partial charge is 0.353 e. The average molecular weight is 315 g/mol. The van der Waals surface area contributed by atoms with Crippen LogP contribution in [0.4, 0.5) is 5.95 Å². The van der Waals surface area contributed by atoms with Gasteiger partial charge in [-0.15, -0.1) is 0 Å². The van der Waals surface area contributed by atoms with Crippen LogP contribution in [-0.2, 0) is 11.8 Å². The summed E-state index contributed by atoms with van der Waals surface area (Å²) in [6.45, 7) is 7.54. The molecule has 0 unspecified atom stereocenters. The predicted molar refractivity (Wildman–Crippen MR) is 91.2 cm³/mol. The summed E-state index contributed by atoms with van der Waals surface area (Å²) in [4.78, 5) is 23.3. The third kappa shape index (κ3) is 3.16. The van der Waals surface area contributed by atoms with Crippen molar-refractivity contribution in [2.45, 2.75) is 39.7 Å². The van der Waals surface area contributed by atoms with Crippen LogP contribution in [0.5, 0.6) is 0 Å². The maximum Gasteiger partial charge on any atom is 0.227 e. The number of nitrogens with one attached hydrogen (secondary N) is 1. The van der Waals surface area contributed by atoms with Crippen LogP contribution in [-0.4, -0.2) is 44.5 Å². The Kier molecular flexibility index (Phi) is 4.00. The van der Waals surface area contributed by atoms with Crippen molar-refractivity contribution in [3.05, 3.63) is 18.3 Å². The molecule has 124 valence electrons. The third-order valence-corrected chi connectivity index (χ3v) is 4.38. The lowest BCUT2D eigenvalue weighted by molar-refractivity contribution is -0.140. The van der Waals surface area contributed by atoms with Crippen LogP contribution < -0.4 is 5.32 Å². The lowest BCUT2D eigenvalue weighted by atomic mass is 9.93. The highest BCUT2D eigenvalue weighted by Crippen LogP contribution is 2.23. The lowest BCUT2D eigenvalue weighted by Crippen LogP contribution is -2.46. The smallest absolute Gasteiger partial charge is 0.227 e. The minimum Gasteiger partial charge on any atom is -0.353 e. The molecule has 0 atom stereocenters. The van der Waals surface area contributed by atoms with Crippen LogP contribution in [0.15, 0.2) is 18.3 Å². The topological polar surface area (TPSA) is 63.1 Å². The van der Waals surface area contributed by atoms with Crippen molar-refractivity contribution in [3.8, 4) is 0 Å². The Morgan fingerprint density at radius 2 is 2.00 bits per heavy atom. The van der Waals surface area contributed by atoms with E-state index < -0.39 is 0 Å². The van der Waals surface area contributed by atoms with Crippen molar-refractivity contribution in [2.24, 2.45) is 12.5 Å². The minimum atomic E-state index is -0.302. The van der Waals surface area contributed by atoms with Gasteiger partial charge in [0.05, 0.1) is 0 Å². The molecule has 0 bridgehead atoms. The summed E-state index contributed by atoms with van der Waals surface area (Å²) in [7, 11) is 1.98. The molecule has 0 aromatic carbocycles. The van der Waals surface area contributed by atoms with E-state index in [9.17, 15) is 4.79 Å². The van der Waals surface area contributed by atoms with Gasteiger partial charge in [0.25, 0.3) is 0 Å². The molecule has 0 saturated carbocycles. The molecular formula is C17H25N5O. The van der Waals surface area contributed by atoms with Gasteiger partial charge in [0.15, 0.2) is 5.65 Å². The first kappa shape index (κ1) is 15.8. The van der Waals surface area contributed by atoms with E-state index in [1.807, 2.05) is 49.4 Å². The van der Waals surface area contributed by atoms with Crippen molar-refractivity contribution >= 4 is 23.0 Å². The number of amides is 1. The van der Waals surface area contributed by atoms with Gasteiger partial charge in [-0.05, 0) is 25.0 Å². The van der Waals surface area contributed by atoms with Gasteiger partial charge in [-0.25, -0.2) is 9.97 Å². The molecule has 0 aliphatic carbocycles. The number of hydrogen-bond donors (Lipinski definition) is 1. The van der Waals surface area contributed by atoms with E-state index in [4.69, 9.17) is 0 Å². The highest BCUT2D eigenvalue weighted by Gasteiger charge is 2.30. The van der Waals surface area contributed by atoms with Crippen LogP contribution in [0, 0.1) is 5.41 Å². The van der Waals surface area contributed by atoms with Gasteiger partial charge in [-0.2, -0.15) is 0 Å². The maximum absolute atomic E-state index is 12.3. The number of carbonyl (C=O) groups is 1. The molecule has 1 N–H and O–H groups in total. The lowest BCUT2D eigenvalue weighted by Gasteiger charge is -2.36. The number of pyridine rings is 1. The molecule has 1 aliphatic rings. The van der Waals surface area contributed by atoms with E-state index in [1.54, 1.807) is 6.20 Å². The Hall–Kier alpha value is -2.11. The first-order chi connectivity index (χ1) is 10.9. The van der Waals surface area contributed by atoms with Gasteiger partial charge in [-0.1, -0.05) is 20.8 Å². The van der Waals surface area contributed by atoms with E-state index in [1.165, 1.54) is 0 Å². The zero-order valence-electron chi connectivity index (χ0n) is 14.3. The molecule has 1 aliphatic heterocycles. The van der Waals surface area contributed by atoms with Crippen molar-refractivity contribution in [1.82, 2.24) is 19.4 Å². The van der Waals surface area contributed by atoms with Crippen LogP contribution >= 0.6 is 0 Å². The second-order valence-corrected chi connectivity index (χ2v) is 7.30. The Balaban J connectivity index is 1.64. The minimum absolute atomic E-state index is 0.239. The number of nitrogens with zero attached hydrogens (tertiary/aromatic N) is 4. The molecule has 6 heteroatoms. The standard InChI is InChI=1S/C17H25N5O/c1-17(2,3)15(23)22-10-7-12(8-11-22)19-16-20-13-6-5-9-18-14(13)21(16)4/h5-6,9,12H,7-8,10-11H2,1-4H3,(H,19,20). The molecule has 0 radical (unpaired) electrons. The van der Waals surface area contributed by atoms with E-state index in [-0.39, 0.29) is 11.3 Å². The summed E-state index contributed by atoms with van der Waals surface area (Å²) >= 11 is 0. The number of aryl methyl sites for hydroxylation is 1. The number of fused-ring (bicyclic) bond motifs is 1. The summed E-state index contributed by atoms with van der Waals surface area (Å²) < 4.78 is 1.99. The monoisotopic (exact) mass is 315 g/mol. The highest BCUT2D eigenvalue weighted by atomic mass is 16.2. The molecule has 1 saturated heterocycles. The van der Waals surface area contributed by atoms with Crippen LogP contribution in [0.1, 0.15) is 33.6 Å². The Morgan fingerprint density at radius 1 is 1.30 bits per heavy atom. The Bertz CT molecular complexity index is 707. The van der Waals surface area contributed by atoms with Crippen molar-refractivity contribution < 1.29 is 4.79 Å². The number of carbonyl (C=O) groups excluding carboxylic acids is 1. The number of imidazole rings is 1. The van der Waals surface area contributed by atoms with E-state index in [2.05, 4.69) is 15.3 Å². The van der Waals surface area contributed by atoms with E-state index in [0.717, 1.165) is 43.0 Å². The van der Waals surface area contributed by atoms with Gasteiger partial charge < -0.3 is 10.2 Å². The molecule has 3 rings (SSSR count). The fraction of sp³-hybridized carbons (Fsp3) is 0.588. The summed E-state index contributed by atoms with van der Waals surface area (Å²) in [6, 6.07) is 4.21. The Labute approximate surface area is 136 Å². The van der Waals surface area contributed by atoms with Crippen molar-refractivity contribution in [3.63, 3.8) is 0 Å². The number of anilines is 1. The van der Waals surface area contributed by atoms with Gasteiger partial charge in [-0.3, -0.25) is 9.36 Å². The molecule has 1 fully saturated rings. The molecular weight excluding hydrogens is 290 g/mol. The molecule has 2 aromatic rings. The second-order valence-electron chi connectivity index (χ2n) is 7.30. The Morgan fingerprint density at radius 3 is 2.61 bits per heavy atom. The van der Waals surface area contributed by atoms with Crippen molar-refractivity contribution in [2.75, 3.05) is 18.4 Å². The first-order valence-corrected chi connectivity index (χ1v) is 8.19. The second kappa shape index (κ2) is 5.83. The van der Waals surface area contributed by atoms with Crippen molar-refractivity contribution in [1.29, 1.82) is 0 Å². The summed E-state index contributed by atoms with van der Waals surface area (Å²) in [5.41, 5.74) is 1.48. The number of piperidine rings is 1. The molecule has 0 spiro atoms.